The van der Waals surface area contributed by atoms with Crippen LogP contribution in [0.3, 0.4) is 0 Å². The third kappa shape index (κ3) is 1.73. The van der Waals surface area contributed by atoms with Crippen LogP contribution in [0.5, 0.6) is 0 Å². The van der Waals surface area contributed by atoms with E-state index in [-0.39, 0.29) is 11.4 Å². The van der Waals surface area contributed by atoms with Gasteiger partial charge in [-0.3, -0.25) is 4.79 Å². The number of anilines is 1. The van der Waals surface area contributed by atoms with Gasteiger partial charge in [-0.05, 0) is 31.5 Å². The molecular weight excluding hydrogens is 240 g/mol. The molecule has 1 aromatic carbocycles. The molecule has 6 heteroatoms. The van der Waals surface area contributed by atoms with Crippen molar-refractivity contribution < 1.29 is 13.2 Å². The SMILES string of the molecule is CC1(C)Nc2ccc(CN)cc2S(=O)(=O)C1=O. The molecule has 0 spiro atoms. The van der Waals surface area contributed by atoms with Crippen LogP contribution in [0.25, 0.3) is 0 Å². The van der Waals surface area contributed by atoms with E-state index in [4.69, 9.17) is 5.73 Å². The van der Waals surface area contributed by atoms with Crippen molar-refractivity contribution in [3.8, 4) is 0 Å². The number of fused-ring (bicyclic) bond motifs is 1. The van der Waals surface area contributed by atoms with Crippen LogP contribution in [0.4, 0.5) is 5.69 Å². The molecule has 0 aromatic heterocycles. The normalized spacial score (nSPS) is 20.5. The first-order valence-electron chi connectivity index (χ1n) is 5.20. The number of nitrogens with two attached hydrogens (primary N) is 1. The average molecular weight is 254 g/mol. The van der Waals surface area contributed by atoms with E-state index in [1.54, 1.807) is 26.0 Å². The van der Waals surface area contributed by atoms with Gasteiger partial charge in [0.2, 0.25) is 9.84 Å². The van der Waals surface area contributed by atoms with Gasteiger partial charge in [0.1, 0.15) is 5.54 Å². The number of carbonyl (C=O) groups excluding carboxylic acids is 1. The van der Waals surface area contributed by atoms with Crippen molar-refractivity contribution in [3.05, 3.63) is 23.8 Å². The molecule has 1 aliphatic heterocycles. The Morgan fingerprint density at radius 1 is 1.35 bits per heavy atom. The van der Waals surface area contributed by atoms with Crippen molar-refractivity contribution in [2.24, 2.45) is 5.73 Å². The maximum Gasteiger partial charge on any atom is 0.275 e. The molecule has 0 unspecified atom stereocenters. The van der Waals surface area contributed by atoms with Gasteiger partial charge >= 0.3 is 0 Å². The van der Waals surface area contributed by atoms with Crippen molar-refractivity contribution >= 4 is 20.6 Å². The van der Waals surface area contributed by atoms with E-state index in [1.807, 2.05) is 0 Å². The molecule has 0 bridgehead atoms. The number of hydrogen-bond donors (Lipinski definition) is 2. The van der Waals surface area contributed by atoms with Crippen molar-refractivity contribution in [1.29, 1.82) is 0 Å². The van der Waals surface area contributed by atoms with Crippen LogP contribution >= 0.6 is 0 Å². The second-order valence-corrected chi connectivity index (χ2v) is 6.39. The molecule has 17 heavy (non-hydrogen) atoms. The molecular formula is C11H14N2O3S. The summed E-state index contributed by atoms with van der Waals surface area (Å²) < 4.78 is 24.1. The van der Waals surface area contributed by atoms with Gasteiger partial charge in [0.05, 0.1) is 10.6 Å². The van der Waals surface area contributed by atoms with E-state index in [0.717, 1.165) is 0 Å². The van der Waals surface area contributed by atoms with E-state index < -0.39 is 20.5 Å². The molecule has 5 nitrogen and oxygen atoms in total. The number of carbonyl (C=O) groups is 1. The van der Waals surface area contributed by atoms with Gasteiger partial charge in [0.25, 0.3) is 5.12 Å². The lowest BCUT2D eigenvalue weighted by molar-refractivity contribution is -0.114. The highest BCUT2D eigenvalue weighted by molar-refractivity contribution is 8.06. The first-order chi connectivity index (χ1) is 7.79. The largest absolute Gasteiger partial charge is 0.371 e. The quantitative estimate of drug-likeness (QED) is 0.768. The molecule has 0 aliphatic carbocycles. The Morgan fingerprint density at radius 2 is 2.00 bits per heavy atom. The topological polar surface area (TPSA) is 89.3 Å². The molecule has 0 saturated heterocycles. The summed E-state index contributed by atoms with van der Waals surface area (Å²) in [6.45, 7) is 3.33. The van der Waals surface area contributed by atoms with E-state index in [0.29, 0.717) is 11.3 Å². The van der Waals surface area contributed by atoms with Gasteiger partial charge in [-0.25, -0.2) is 8.42 Å². The predicted molar refractivity (Wildman–Crippen MR) is 64.2 cm³/mol. The van der Waals surface area contributed by atoms with Crippen LogP contribution < -0.4 is 11.1 Å². The highest BCUT2D eigenvalue weighted by Gasteiger charge is 2.44. The maximum atomic E-state index is 12.1. The van der Waals surface area contributed by atoms with Crippen molar-refractivity contribution in [3.63, 3.8) is 0 Å². The molecule has 92 valence electrons. The Balaban J connectivity index is 2.71. The van der Waals surface area contributed by atoms with Crippen molar-refractivity contribution in [1.82, 2.24) is 0 Å². The third-order valence-electron chi connectivity index (χ3n) is 2.77. The summed E-state index contributed by atoms with van der Waals surface area (Å²) in [7, 11) is -3.92. The zero-order valence-corrected chi connectivity index (χ0v) is 10.5. The molecule has 1 aromatic rings. The number of benzene rings is 1. The minimum atomic E-state index is -3.92. The summed E-state index contributed by atoms with van der Waals surface area (Å²) in [5, 5.41) is 2.11. The number of sulfone groups is 1. The van der Waals surface area contributed by atoms with Gasteiger partial charge in [-0.2, -0.15) is 0 Å². The van der Waals surface area contributed by atoms with Gasteiger partial charge < -0.3 is 11.1 Å². The lowest BCUT2D eigenvalue weighted by atomic mass is 10.1. The Kier molecular flexibility index (Phi) is 2.52. The molecule has 0 atom stereocenters. The zero-order valence-electron chi connectivity index (χ0n) is 9.65. The number of rotatable bonds is 1. The van der Waals surface area contributed by atoms with Gasteiger partial charge in [0, 0.05) is 6.54 Å². The van der Waals surface area contributed by atoms with Crippen LogP contribution in [0.2, 0.25) is 0 Å². The fraction of sp³-hybridized carbons (Fsp3) is 0.364. The molecule has 1 aliphatic rings. The first kappa shape index (κ1) is 12.1. The van der Waals surface area contributed by atoms with Crippen molar-refractivity contribution in [2.45, 2.75) is 30.8 Å². The second kappa shape index (κ2) is 3.54. The highest BCUT2D eigenvalue weighted by Crippen LogP contribution is 2.34. The first-order valence-corrected chi connectivity index (χ1v) is 6.68. The van der Waals surface area contributed by atoms with Crippen molar-refractivity contribution in [2.75, 3.05) is 5.32 Å². The van der Waals surface area contributed by atoms with E-state index >= 15 is 0 Å². The minimum Gasteiger partial charge on any atom is -0.371 e. The molecule has 3 N–H and O–H groups in total. The smallest absolute Gasteiger partial charge is 0.275 e. The van der Waals surface area contributed by atoms with Crippen LogP contribution in [0, 0.1) is 0 Å². The van der Waals surface area contributed by atoms with Crippen LogP contribution in [0.1, 0.15) is 19.4 Å². The molecule has 1 heterocycles. The maximum absolute atomic E-state index is 12.1. The summed E-state index contributed by atoms with van der Waals surface area (Å²) in [5.74, 6) is 0. The number of hydrogen-bond acceptors (Lipinski definition) is 5. The average Bonchev–Trinajstić information content (AvgIpc) is 2.26. The minimum absolute atomic E-state index is 0.0183. The lowest BCUT2D eigenvalue weighted by Crippen LogP contribution is -2.48. The van der Waals surface area contributed by atoms with Crippen LogP contribution in [0.15, 0.2) is 23.1 Å². The fourth-order valence-electron chi connectivity index (χ4n) is 1.84. The van der Waals surface area contributed by atoms with Gasteiger partial charge in [-0.15, -0.1) is 0 Å². The Bertz CT molecular complexity index is 591. The Morgan fingerprint density at radius 3 is 2.59 bits per heavy atom. The van der Waals surface area contributed by atoms with Crippen LogP contribution in [-0.4, -0.2) is 19.1 Å². The van der Waals surface area contributed by atoms with Gasteiger partial charge in [0.15, 0.2) is 0 Å². The van der Waals surface area contributed by atoms with E-state index in [2.05, 4.69) is 5.32 Å². The van der Waals surface area contributed by atoms with Crippen LogP contribution in [-0.2, 0) is 21.2 Å². The molecule has 2 rings (SSSR count). The van der Waals surface area contributed by atoms with E-state index in [1.165, 1.54) is 6.07 Å². The third-order valence-corrected chi connectivity index (χ3v) is 4.69. The summed E-state index contributed by atoms with van der Waals surface area (Å²) in [6, 6.07) is 4.83. The Labute approximate surface area is 99.9 Å². The highest BCUT2D eigenvalue weighted by atomic mass is 32.2. The summed E-state index contributed by atoms with van der Waals surface area (Å²) in [4.78, 5) is 11.9. The molecule has 0 amide bonds. The number of nitrogens with one attached hydrogen (secondary N) is 1. The Hall–Kier alpha value is -1.40. The van der Waals surface area contributed by atoms with Gasteiger partial charge in [-0.1, -0.05) is 6.07 Å². The monoisotopic (exact) mass is 254 g/mol. The lowest BCUT2D eigenvalue weighted by Gasteiger charge is -2.31. The van der Waals surface area contributed by atoms with E-state index in [9.17, 15) is 13.2 Å². The summed E-state index contributed by atoms with van der Waals surface area (Å²) >= 11 is 0. The zero-order chi connectivity index (χ0) is 12.8. The molecule has 0 radical (unpaired) electrons. The predicted octanol–water partition coefficient (Wildman–Crippen LogP) is 0.650. The summed E-state index contributed by atoms with van der Waals surface area (Å²) in [6.07, 6.45) is 0. The fourth-order valence-corrected chi connectivity index (χ4v) is 3.48. The summed E-state index contributed by atoms with van der Waals surface area (Å²) in [5.41, 5.74) is 5.49. The molecule has 0 saturated carbocycles. The second-order valence-electron chi connectivity index (χ2n) is 4.58. The standard InChI is InChI=1S/C11H14N2O3S/c1-11(2)10(14)17(15,16)9-5-7(6-12)3-4-8(9)13-11/h3-5,13H,6,12H2,1-2H3. The molecule has 0 fully saturated rings.